The fourth-order valence-electron chi connectivity index (χ4n) is 4.00. The van der Waals surface area contributed by atoms with E-state index in [1.165, 1.54) is 0 Å². The lowest BCUT2D eigenvalue weighted by Crippen LogP contribution is -2.68. The molecule has 2 saturated heterocycles. The minimum atomic E-state index is -0.0815. The van der Waals surface area contributed by atoms with E-state index in [1.807, 2.05) is 17.0 Å². The van der Waals surface area contributed by atoms with E-state index in [0.717, 1.165) is 38.2 Å². The van der Waals surface area contributed by atoms with Crippen LogP contribution in [0.3, 0.4) is 0 Å². The van der Waals surface area contributed by atoms with E-state index < -0.39 is 0 Å². The van der Waals surface area contributed by atoms with Gasteiger partial charge in [-0.15, -0.1) is 0 Å². The molecule has 2 aromatic heterocycles. The van der Waals surface area contributed by atoms with Crippen molar-refractivity contribution in [3.05, 3.63) is 54.4 Å². The Hall–Kier alpha value is -2.38. The topological polar surface area (TPSA) is 71.5 Å². The van der Waals surface area contributed by atoms with Gasteiger partial charge in [0.05, 0.1) is 18.8 Å². The van der Waals surface area contributed by atoms with Gasteiger partial charge in [-0.25, -0.2) is 9.97 Å². The predicted molar refractivity (Wildman–Crippen MR) is 95.3 cm³/mol. The van der Waals surface area contributed by atoms with Crippen LogP contribution in [0.15, 0.2) is 43.0 Å². The van der Waals surface area contributed by atoms with E-state index in [2.05, 4.69) is 26.9 Å². The van der Waals surface area contributed by atoms with Crippen LogP contribution in [0.1, 0.15) is 22.6 Å². The van der Waals surface area contributed by atoms with Crippen molar-refractivity contribution >= 4 is 5.91 Å². The second-order valence-corrected chi connectivity index (χ2v) is 7.28. The highest BCUT2D eigenvalue weighted by molar-refractivity contribution is 5.91. The van der Waals surface area contributed by atoms with Crippen LogP contribution in [-0.2, 0) is 11.3 Å². The number of hydrogen-bond donors (Lipinski definition) is 0. The van der Waals surface area contributed by atoms with Gasteiger partial charge in [-0.1, -0.05) is 0 Å². The highest BCUT2D eigenvalue weighted by Gasteiger charge is 2.53. The van der Waals surface area contributed by atoms with Crippen LogP contribution in [0.25, 0.3) is 0 Å². The lowest BCUT2D eigenvalue weighted by Gasteiger charge is -2.51. The molecule has 0 aliphatic carbocycles. The highest BCUT2D eigenvalue weighted by atomic mass is 16.5. The van der Waals surface area contributed by atoms with Crippen LogP contribution in [0.4, 0.5) is 0 Å². The summed E-state index contributed by atoms with van der Waals surface area (Å²) in [5, 5.41) is 0. The molecular formula is C19H23N5O2. The third-order valence-corrected chi connectivity index (χ3v) is 5.40. The van der Waals surface area contributed by atoms with E-state index in [0.29, 0.717) is 12.5 Å². The fraction of sp³-hybridized carbons (Fsp3) is 0.474. The Morgan fingerprint density at radius 1 is 1.23 bits per heavy atom. The van der Waals surface area contributed by atoms with Crippen molar-refractivity contribution in [1.82, 2.24) is 24.8 Å². The van der Waals surface area contributed by atoms with Crippen LogP contribution in [0.2, 0.25) is 0 Å². The Labute approximate surface area is 153 Å². The van der Waals surface area contributed by atoms with Crippen LogP contribution in [0, 0.1) is 5.92 Å². The van der Waals surface area contributed by atoms with Gasteiger partial charge in [0.25, 0.3) is 5.91 Å². The molecular weight excluding hydrogens is 330 g/mol. The van der Waals surface area contributed by atoms with Crippen LogP contribution in [-0.4, -0.2) is 69.5 Å². The van der Waals surface area contributed by atoms with Crippen molar-refractivity contribution in [1.29, 1.82) is 0 Å². The number of ether oxygens (including phenoxy) is 1. The monoisotopic (exact) mass is 353 g/mol. The number of hydrogen-bond acceptors (Lipinski definition) is 6. The summed E-state index contributed by atoms with van der Waals surface area (Å²) in [5.41, 5.74) is 1.22. The number of likely N-dealkylation sites (N-methyl/N-ethyl adjacent to an activating group) is 1. The lowest BCUT2D eigenvalue weighted by atomic mass is 9.84. The number of carbonyl (C=O) groups is 1. The normalized spacial score (nSPS) is 21.7. The van der Waals surface area contributed by atoms with Gasteiger partial charge in [0.1, 0.15) is 0 Å². The predicted octanol–water partition coefficient (Wildman–Crippen LogP) is 1.23. The molecule has 7 heteroatoms. The van der Waals surface area contributed by atoms with Crippen molar-refractivity contribution in [2.24, 2.45) is 5.92 Å². The summed E-state index contributed by atoms with van der Waals surface area (Å²) in [6.45, 7) is 3.83. The summed E-state index contributed by atoms with van der Waals surface area (Å²) in [6.07, 6.45) is 7.83. The largest absolute Gasteiger partial charge is 0.376 e. The molecule has 4 rings (SSSR count). The van der Waals surface area contributed by atoms with Crippen molar-refractivity contribution in [3.8, 4) is 0 Å². The summed E-state index contributed by atoms with van der Waals surface area (Å²) in [7, 11) is 2.14. The first kappa shape index (κ1) is 17.1. The first-order chi connectivity index (χ1) is 12.7. The molecule has 2 aliphatic heterocycles. The zero-order valence-electron chi connectivity index (χ0n) is 14.9. The SMILES string of the molecule is CN1C[C@H](COCc2ccncc2)CC12CN(C(=O)c1ncccn1)C2. The Morgan fingerprint density at radius 3 is 2.69 bits per heavy atom. The average molecular weight is 353 g/mol. The zero-order valence-corrected chi connectivity index (χ0v) is 14.9. The molecule has 1 spiro atoms. The third-order valence-electron chi connectivity index (χ3n) is 5.40. The quantitative estimate of drug-likeness (QED) is 0.805. The van der Waals surface area contributed by atoms with Gasteiger partial charge in [0.15, 0.2) is 0 Å². The number of aromatic nitrogens is 3. The van der Waals surface area contributed by atoms with E-state index in [9.17, 15) is 4.79 Å². The van der Waals surface area contributed by atoms with Crippen LogP contribution in [0.5, 0.6) is 0 Å². The number of rotatable bonds is 5. The Morgan fingerprint density at radius 2 is 1.96 bits per heavy atom. The number of nitrogens with zero attached hydrogens (tertiary/aromatic N) is 5. The Balaban J connectivity index is 1.27. The number of likely N-dealkylation sites (tertiary alicyclic amines) is 2. The third kappa shape index (κ3) is 3.32. The molecule has 0 unspecified atom stereocenters. The number of carbonyl (C=O) groups excluding carboxylic acids is 1. The molecule has 7 nitrogen and oxygen atoms in total. The molecule has 4 heterocycles. The van der Waals surface area contributed by atoms with Gasteiger partial charge in [-0.3, -0.25) is 14.7 Å². The van der Waals surface area contributed by atoms with E-state index in [-0.39, 0.29) is 17.3 Å². The standard InChI is InChI=1S/C19H23N5O2/c1-23-10-16(12-26-11-15-3-7-20-8-4-15)9-19(23)13-24(14-19)18(25)17-21-5-2-6-22-17/h2-8,16H,9-14H2,1H3/t16-/m1/s1. The van der Waals surface area contributed by atoms with Crippen molar-refractivity contribution in [2.75, 3.05) is 33.3 Å². The maximum Gasteiger partial charge on any atom is 0.291 e. The molecule has 0 N–H and O–H groups in total. The highest BCUT2D eigenvalue weighted by Crippen LogP contribution is 2.39. The summed E-state index contributed by atoms with van der Waals surface area (Å²) in [5.74, 6) is 0.689. The molecule has 2 fully saturated rings. The maximum absolute atomic E-state index is 12.4. The van der Waals surface area contributed by atoms with Crippen molar-refractivity contribution in [2.45, 2.75) is 18.6 Å². The molecule has 2 aliphatic rings. The van der Waals surface area contributed by atoms with Gasteiger partial charge in [-0.2, -0.15) is 0 Å². The number of amides is 1. The molecule has 1 amide bonds. The Bertz CT molecular complexity index is 749. The second kappa shape index (κ2) is 7.09. The molecule has 26 heavy (non-hydrogen) atoms. The molecule has 1 atom stereocenters. The molecule has 0 aromatic carbocycles. The molecule has 0 radical (unpaired) electrons. The molecule has 0 bridgehead atoms. The maximum atomic E-state index is 12.4. The molecule has 0 saturated carbocycles. The summed E-state index contributed by atoms with van der Waals surface area (Å²) < 4.78 is 5.90. The van der Waals surface area contributed by atoms with Crippen molar-refractivity contribution < 1.29 is 9.53 Å². The Kier molecular flexibility index (Phi) is 4.65. The van der Waals surface area contributed by atoms with Gasteiger partial charge in [-0.05, 0) is 43.1 Å². The zero-order chi connectivity index (χ0) is 18.0. The van der Waals surface area contributed by atoms with Crippen LogP contribution < -0.4 is 0 Å². The van der Waals surface area contributed by atoms with Crippen LogP contribution >= 0.6 is 0 Å². The van der Waals surface area contributed by atoms with E-state index in [1.54, 1.807) is 30.9 Å². The summed E-state index contributed by atoms with van der Waals surface area (Å²) in [4.78, 5) is 28.8. The van der Waals surface area contributed by atoms with Crippen molar-refractivity contribution in [3.63, 3.8) is 0 Å². The van der Waals surface area contributed by atoms with E-state index >= 15 is 0 Å². The minimum Gasteiger partial charge on any atom is -0.376 e. The second-order valence-electron chi connectivity index (χ2n) is 7.28. The van der Waals surface area contributed by atoms with E-state index in [4.69, 9.17) is 4.74 Å². The lowest BCUT2D eigenvalue weighted by molar-refractivity contribution is -0.00880. The van der Waals surface area contributed by atoms with Gasteiger partial charge in [0, 0.05) is 44.4 Å². The van der Waals surface area contributed by atoms with Gasteiger partial charge in [0.2, 0.25) is 5.82 Å². The minimum absolute atomic E-state index is 0.0785. The fourth-order valence-corrected chi connectivity index (χ4v) is 4.00. The van der Waals surface area contributed by atoms with Gasteiger partial charge < -0.3 is 9.64 Å². The van der Waals surface area contributed by atoms with Gasteiger partial charge >= 0.3 is 0 Å². The average Bonchev–Trinajstić information content (AvgIpc) is 2.98. The first-order valence-corrected chi connectivity index (χ1v) is 8.90. The molecule has 136 valence electrons. The molecule has 2 aromatic rings. The smallest absolute Gasteiger partial charge is 0.291 e. The number of pyridine rings is 1. The summed E-state index contributed by atoms with van der Waals surface area (Å²) >= 11 is 0. The summed E-state index contributed by atoms with van der Waals surface area (Å²) in [6, 6.07) is 5.67. The first-order valence-electron chi connectivity index (χ1n) is 8.90.